The van der Waals surface area contributed by atoms with Gasteiger partial charge < -0.3 is 10.6 Å². The number of fused-ring (bicyclic) bond motifs is 1. The van der Waals surface area contributed by atoms with Crippen molar-refractivity contribution >= 4 is 17.3 Å². The molecule has 0 amide bonds. The first kappa shape index (κ1) is 20.0. The van der Waals surface area contributed by atoms with Crippen LogP contribution in [0.1, 0.15) is 37.0 Å². The van der Waals surface area contributed by atoms with Crippen molar-refractivity contribution in [3.8, 4) is 11.1 Å². The Kier molecular flexibility index (Phi) is 5.67. The fraction of sp³-hybridized carbons (Fsp3) is 0.308. The Bertz CT molecular complexity index is 978. The van der Waals surface area contributed by atoms with Gasteiger partial charge in [0.1, 0.15) is 0 Å². The fourth-order valence-corrected chi connectivity index (χ4v) is 4.46. The molecule has 0 saturated carbocycles. The van der Waals surface area contributed by atoms with Crippen molar-refractivity contribution in [2.45, 2.75) is 38.6 Å². The maximum atomic E-state index is 6.13. The lowest BCUT2D eigenvalue weighted by atomic mass is 9.75. The summed E-state index contributed by atoms with van der Waals surface area (Å²) in [6.07, 6.45) is 2.01. The molecule has 0 bridgehead atoms. The Balaban J connectivity index is 1.82. The summed E-state index contributed by atoms with van der Waals surface area (Å²) in [5.74, 6) is 0. The molecule has 0 aromatic heterocycles. The number of hydrogen-bond acceptors (Lipinski definition) is 2. The second kappa shape index (κ2) is 8.22. The lowest BCUT2D eigenvalue weighted by Gasteiger charge is -2.41. The summed E-state index contributed by atoms with van der Waals surface area (Å²) in [5, 5.41) is 0.765. The van der Waals surface area contributed by atoms with Gasteiger partial charge in [0.2, 0.25) is 0 Å². The quantitative estimate of drug-likeness (QED) is 0.548. The van der Waals surface area contributed by atoms with Crippen molar-refractivity contribution in [1.29, 1.82) is 0 Å². The summed E-state index contributed by atoms with van der Waals surface area (Å²) in [4.78, 5) is 2.53. The molecule has 0 fully saturated rings. The molecule has 3 heteroatoms. The Morgan fingerprint density at radius 1 is 1.00 bits per heavy atom. The van der Waals surface area contributed by atoms with E-state index in [1.807, 2.05) is 12.1 Å². The van der Waals surface area contributed by atoms with E-state index >= 15 is 0 Å². The predicted octanol–water partition coefficient (Wildman–Crippen LogP) is 6.20. The third-order valence-corrected chi connectivity index (χ3v) is 6.34. The van der Waals surface area contributed by atoms with E-state index in [4.69, 9.17) is 17.3 Å². The number of anilines is 1. The van der Waals surface area contributed by atoms with Gasteiger partial charge in [-0.3, -0.25) is 0 Å². The van der Waals surface area contributed by atoms with Gasteiger partial charge in [-0.2, -0.15) is 0 Å². The first-order valence-corrected chi connectivity index (χ1v) is 10.8. The third kappa shape index (κ3) is 4.19. The molecule has 3 aromatic carbocycles. The van der Waals surface area contributed by atoms with Gasteiger partial charge in [0.05, 0.1) is 0 Å². The van der Waals surface area contributed by atoms with Gasteiger partial charge in [0.25, 0.3) is 0 Å². The van der Waals surface area contributed by atoms with Crippen LogP contribution >= 0.6 is 11.6 Å². The fourth-order valence-electron chi connectivity index (χ4n) is 4.33. The number of nitrogens with two attached hydrogens (primary N) is 1. The predicted molar refractivity (Wildman–Crippen MR) is 125 cm³/mol. The Labute approximate surface area is 179 Å². The van der Waals surface area contributed by atoms with Gasteiger partial charge >= 0.3 is 0 Å². The molecule has 2 N–H and O–H groups in total. The van der Waals surface area contributed by atoms with Crippen LogP contribution in [0.15, 0.2) is 66.7 Å². The standard InChI is InChI=1S/C26H29ClN2/c1-26(2)13-15-29(18-19-6-4-3-5-7-19)25-16-21(12-14-28)23(17-24(25)26)20-8-10-22(27)11-9-20/h3-11,16-17H,12-15,18,28H2,1-2H3. The molecule has 0 atom stereocenters. The SMILES string of the molecule is CC1(C)CCN(Cc2ccccc2)c2cc(CCN)c(-c3ccc(Cl)cc3)cc21. The average molecular weight is 405 g/mol. The molecule has 0 saturated heterocycles. The van der Waals surface area contributed by atoms with Crippen molar-refractivity contribution < 1.29 is 0 Å². The summed E-state index contributed by atoms with van der Waals surface area (Å²) in [7, 11) is 0. The Morgan fingerprint density at radius 2 is 1.72 bits per heavy atom. The van der Waals surface area contributed by atoms with Gasteiger partial charge in [-0.05, 0) is 76.9 Å². The molecule has 0 aliphatic carbocycles. The summed E-state index contributed by atoms with van der Waals surface area (Å²) in [6.45, 7) is 7.37. The highest BCUT2D eigenvalue weighted by atomic mass is 35.5. The van der Waals surface area contributed by atoms with E-state index in [1.54, 1.807) is 0 Å². The molecule has 3 aromatic rings. The molecule has 2 nitrogen and oxygen atoms in total. The van der Waals surface area contributed by atoms with Crippen LogP contribution in [0.2, 0.25) is 5.02 Å². The van der Waals surface area contributed by atoms with Crippen LogP contribution < -0.4 is 10.6 Å². The van der Waals surface area contributed by atoms with E-state index in [0.29, 0.717) is 6.54 Å². The second-order valence-corrected chi connectivity index (χ2v) is 9.05. The van der Waals surface area contributed by atoms with Gasteiger partial charge in [0, 0.05) is 23.8 Å². The zero-order valence-electron chi connectivity index (χ0n) is 17.3. The third-order valence-electron chi connectivity index (χ3n) is 6.08. The van der Waals surface area contributed by atoms with Crippen molar-refractivity contribution in [3.63, 3.8) is 0 Å². The largest absolute Gasteiger partial charge is 0.367 e. The van der Waals surface area contributed by atoms with E-state index in [1.165, 1.54) is 33.5 Å². The molecule has 150 valence electrons. The number of hydrogen-bond donors (Lipinski definition) is 1. The van der Waals surface area contributed by atoms with Gasteiger partial charge in [-0.15, -0.1) is 0 Å². The van der Waals surface area contributed by atoms with E-state index in [-0.39, 0.29) is 5.41 Å². The van der Waals surface area contributed by atoms with Crippen LogP contribution in [0.4, 0.5) is 5.69 Å². The molecule has 29 heavy (non-hydrogen) atoms. The number of benzene rings is 3. The Hall–Kier alpha value is -2.29. The van der Waals surface area contributed by atoms with E-state index < -0.39 is 0 Å². The smallest absolute Gasteiger partial charge is 0.0429 e. The molecular formula is C26H29ClN2. The molecule has 4 rings (SSSR count). The zero-order chi connectivity index (χ0) is 20.4. The van der Waals surface area contributed by atoms with Crippen molar-refractivity contribution in [3.05, 3.63) is 88.4 Å². The average Bonchev–Trinajstić information content (AvgIpc) is 2.72. The summed E-state index contributed by atoms with van der Waals surface area (Å²) in [5.41, 5.74) is 14.0. The monoisotopic (exact) mass is 404 g/mol. The van der Waals surface area contributed by atoms with Crippen LogP contribution in [0, 0.1) is 0 Å². The topological polar surface area (TPSA) is 29.3 Å². The molecule has 1 heterocycles. The summed E-state index contributed by atoms with van der Waals surface area (Å²) < 4.78 is 0. The zero-order valence-corrected chi connectivity index (χ0v) is 18.0. The number of halogens is 1. The van der Waals surface area contributed by atoms with Gasteiger partial charge in [-0.25, -0.2) is 0 Å². The first-order chi connectivity index (χ1) is 14.0. The van der Waals surface area contributed by atoms with Crippen LogP contribution in [0.5, 0.6) is 0 Å². The molecule has 1 aliphatic heterocycles. The summed E-state index contributed by atoms with van der Waals surface area (Å²) in [6, 6.07) is 23.7. The normalized spacial score (nSPS) is 15.2. The lowest BCUT2D eigenvalue weighted by molar-refractivity contribution is 0.452. The number of nitrogens with zero attached hydrogens (tertiary/aromatic N) is 1. The van der Waals surface area contributed by atoms with E-state index in [2.05, 4.69) is 73.3 Å². The van der Waals surface area contributed by atoms with E-state index in [0.717, 1.165) is 31.0 Å². The maximum absolute atomic E-state index is 6.13. The van der Waals surface area contributed by atoms with Gasteiger partial charge in [0.15, 0.2) is 0 Å². The van der Waals surface area contributed by atoms with Crippen LogP contribution in [0.25, 0.3) is 11.1 Å². The maximum Gasteiger partial charge on any atom is 0.0429 e. The minimum Gasteiger partial charge on any atom is -0.367 e. The molecule has 1 aliphatic rings. The first-order valence-electron chi connectivity index (χ1n) is 10.4. The van der Waals surface area contributed by atoms with Crippen LogP contribution in [-0.4, -0.2) is 13.1 Å². The second-order valence-electron chi connectivity index (χ2n) is 8.61. The van der Waals surface area contributed by atoms with Crippen LogP contribution in [-0.2, 0) is 18.4 Å². The van der Waals surface area contributed by atoms with Gasteiger partial charge in [-0.1, -0.05) is 67.9 Å². The highest BCUT2D eigenvalue weighted by Gasteiger charge is 2.32. The minimum atomic E-state index is 0.144. The van der Waals surface area contributed by atoms with Crippen LogP contribution in [0.3, 0.4) is 0 Å². The highest BCUT2D eigenvalue weighted by Crippen LogP contribution is 2.43. The summed E-state index contributed by atoms with van der Waals surface area (Å²) >= 11 is 6.13. The van der Waals surface area contributed by atoms with E-state index in [9.17, 15) is 0 Å². The highest BCUT2D eigenvalue weighted by molar-refractivity contribution is 6.30. The number of rotatable bonds is 5. The molecule has 0 unspecified atom stereocenters. The van der Waals surface area contributed by atoms with Crippen molar-refractivity contribution in [2.75, 3.05) is 18.0 Å². The minimum absolute atomic E-state index is 0.144. The lowest BCUT2D eigenvalue weighted by Crippen LogP contribution is -2.37. The molecule has 0 spiro atoms. The molecule has 0 radical (unpaired) electrons. The molecular weight excluding hydrogens is 376 g/mol. The Morgan fingerprint density at radius 3 is 2.41 bits per heavy atom. The van der Waals surface area contributed by atoms with Crippen molar-refractivity contribution in [2.24, 2.45) is 5.73 Å². The van der Waals surface area contributed by atoms with Crippen molar-refractivity contribution in [1.82, 2.24) is 0 Å².